The summed E-state index contributed by atoms with van der Waals surface area (Å²) in [5, 5.41) is 6.25. The predicted molar refractivity (Wildman–Crippen MR) is 69.8 cm³/mol. The van der Waals surface area contributed by atoms with E-state index in [9.17, 15) is 0 Å². The van der Waals surface area contributed by atoms with Crippen LogP contribution in [0.2, 0.25) is 0 Å². The molecule has 0 aliphatic heterocycles. The lowest BCUT2D eigenvalue weighted by molar-refractivity contribution is 1.35. The molecule has 0 aliphatic carbocycles. The molecule has 0 atom stereocenters. The molecule has 0 fully saturated rings. The normalized spacial score (nSPS) is 11.4. The zero-order chi connectivity index (χ0) is 10.5. The van der Waals surface area contributed by atoms with Gasteiger partial charge in [-0.1, -0.05) is 24.3 Å². The van der Waals surface area contributed by atoms with Crippen LogP contribution in [-0.4, -0.2) is 4.62 Å². The van der Waals surface area contributed by atoms with Gasteiger partial charge in [0.1, 0.15) is 4.62 Å². The topological polar surface area (TPSA) is 24.4 Å². The van der Waals surface area contributed by atoms with E-state index >= 15 is 0 Å². The molecule has 2 rings (SSSR count). The Bertz CT molecular complexity index is 437. The number of hydrazone groups is 1. The zero-order valence-corrected chi connectivity index (χ0v) is 10.3. The molecule has 0 saturated heterocycles. The summed E-state index contributed by atoms with van der Waals surface area (Å²) in [6.07, 6.45) is 0. The molecular formula is C11H9BrN2S. The quantitative estimate of drug-likeness (QED) is 0.669. The van der Waals surface area contributed by atoms with E-state index in [4.69, 9.17) is 0 Å². The van der Waals surface area contributed by atoms with Crippen molar-refractivity contribution in [3.8, 4) is 0 Å². The second-order valence-corrected chi connectivity index (χ2v) is 4.56. The molecule has 0 unspecified atom stereocenters. The first-order chi connectivity index (χ1) is 7.36. The molecule has 4 heteroatoms. The van der Waals surface area contributed by atoms with Gasteiger partial charge >= 0.3 is 0 Å². The van der Waals surface area contributed by atoms with Gasteiger partial charge in [0.15, 0.2) is 0 Å². The average Bonchev–Trinajstić information content (AvgIpc) is 2.81. The highest BCUT2D eigenvalue weighted by Gasteiger charge is 1.98. The highest BCUT2D eigenvalue weighted by molar-refractivity contribution is 9.18. The Morgan fingerprint density at radius 1 is 1.13 bits per heavy atom. The summed E-state index contributed by atoms with van der Waals surface area (Å²) in [6.45, 7) is 0. The largest absolute Gasteiger partial charge is 0.277 e. The number of benzene rings is 1. The molecule has 1 N–H and O–H groups in total. The molecule has 0 spiro atoms. The number of nitrogens with zero attached hydrogens (tertiary/aromatic N) is 1. The van der Waals surface area contributed by atoms with Crippen LogP contribution in [0, 0.1) is 0 Å². The van der Waals surface area contributed by atoms with Gasteiger partial charge in [-0.05, 0) is 39.5 Å². The van der Waals surface area contributed by atoms with Crippen LogP contribution < -0.4 is 5.43 Å². The van der Waals surface area contributed by atoms with Crippen molar-refractivity contribution < 1.29 is 0 Å². The maximum absolute atomic E-state index is 4.23. The van der Waals surface area contributed by atoms with Gasteiger partial charge in [0.2, 0.25) is 0 Å². The third-order valence-corrected chi connectivity index (χ3v) is 3.52. The van der Waals surface area contributed by atoms with Gasteiger partial charge in [-0.3, -0.25) is 5.43 Å². The number of halogens is 1. The van der Waals surface area contributed by atoms with Crippen LogP contribution in [-0.2, 0) is 0 Å². The Morgan fingerprint density at radius 2 is 1.93 bits per heavy atom. The van der Waals surface area contributed by atoms with Crippen molar-refractivity contribution in [2.45, 2.75) is 0 Å². The molecule has 0 bridgehead atoms. The van der Waals surface area contributed by atoms with Gasteiger partial charge < -0.3 is 0 Å². The van der Waals surface area contributed by atoms with Gasteiger partial charge in [0.05, 0.1) is 10.6 Å². The minimum absolute atomic E-state index is 0.821. The predicted octanol–water partition coefficient (Wildman–Crippen LogP) is 3.92. The first kappa shape index (κ1) is 10.4. The maximum atomic E-state index is 4.23. The molecule has 0 radical (unpaired) electrons. The van der Waals surface area contributed by atoms with Crippen molar-refractivity contribution >= 4 is 37.6 Å². The van der Waals surface area contributed by atoms with Crippen molar-refractivity contribution in [1.29, 1.82) is 0 Å². The molecule has 1 aromatic heterocycles. The number of hydrogen-bond donors (Lipinski definition) is 1. The van der Waals surface area contributed by atoms with Crippen LogP contribution in [0.15, 0.2) is 52.9 Å². The van der Waals surface area contributed by atoms with Gasteiger partial charge in [0, 0.05) is 0 Å². The van der Waals surface area contributed by atoms with E-state index in [1.54, 1.807) is 11.3 Å². The van der Waals surface area contributed by atoms with E-state index in [2.05, 4.69) is 26.5 Å². The smallest absolute Gasteiger partial charge is 0.143 e. The second kappa shape index (κ2) is 5.09. The summed E-state index contributed by atoms with van der Waals surface area (Å²) in [6, 6.07) is 13.9. The lowest BCUT2D eigenvalue weighted by atomic mass is 10.3. The van der Waals surface area contributed by atoms with Crippen LogP contribution in [0.4, 0.5) is 5.69 Å². The van der Waals surface area contributed by atoms with Gasteiger partial charge in [-0.2, -0.15) is 5.10 Å². The van der Waals surface area contributed by atoms with Crippen molar-refractivity contribution in [3.05, 3.63) is 52.7 Å². The van der Waals surface area contributed by atoms with Gasteiger partial charge in [0.25, 0.3) is 0 Å². The molecule has 0 saturated carbocycles. The number of hydrogen-bond acceptors (Lipinski definition) is 3. The maximum Gasteiger partial charge on any atom is 0.143 e. The Hall–Kier alpha value is -1.13. The SMILES string of the molecule is Br/C(=N\Nc1ccccc1)c1cccs1. The Labute approximate surface area is 101 Å². The summed E-state index contributed by atoms with van der Waals surface area (Å²) in [5.74, 6) is 0. The average molecular weight is 281 g/mol. The highest BCUT2D eigenvalue weighted by Crippen LogP contribution is 2.14. The first-order valence-corrected chi connectivity index (χ1v) is 6.11. The number of nitrogens with one attached hydrogen (secondary N) is 1. The fourth-order valence-electron chi connectivity index (χ4n) is 1.08. The van der Waals surface area contributed by atoms with E-state index < -0.39 is 0 Å². The molecule has 2 nitrogen and oxygen atoms in total. The van der Waals surface area contributed by atoms with Crippen molar-refractivity contribution in [1.82, 2.24) is 0 Å². The van der Waals surface area contributed by atoms with Crippen molar-refractivity contribution in [2.75, 3.05) is 5.43 Å². The molecular weight excluding hydrogens is 272 g/mol. The zero-order valence-electron chi connectivity index (χ0n) is 7.85. The fraction of sp³-hybridized carbons (Fsp3) is 0. The van der Waals surface area contributed by atoms with Crippen molar-refractivity contribution in [2.24, 2.45) is 5.10 Å². The summed E-state index contributed by atoms with van der Waals surface area (Å²) in [5.41, 5.74) is 3.96. The third kappa shape index (κ3) is 2.91. The molecule has 1 aromatic carbocycles. The molecule has 76 valence electrons. The summed E-state index contributed by atoms with van der Waals surface area (Å²) in [7, 11) is 0. The fourth-order valence-corrected chi connectivity index (χ4v) is 2.18. The highest BCUT2D eigenvalue weighted by atomic mass is 79.9. The van der Waals surface area contributed by atoms with Crippen LogP contribution in [0.5, 0.6) is 0 Å². The van der Waals surface area contributed by atoms with Crippen LogP contribution in [0.1, 0.15) is 4.88 Å². The van der Waals surface area contributed by atoms with Crippen LogP contribution in [0.3, 0.4) is 0 Å². The van der Waals surface area contributed by atoms with E-state index in [0.717, 1.165) is 15.2 Å². The minimum atomic E-state index is 0.821. The van der Waals surface area contributed by atoms with E-state index in [0.29, 0.717) is 0 Å². The van der Waals surface area contributed by atoms with E-state index in [1.807, 2.05) is 47.8 Å². The molecule has 2 aromatic rings. The first-order valence-electron chi connectivity index (χ1n) is 4.44. The molecule has 15 heavy (non-hydrogen) atoms. The van der Waals surface area contributed by atoms with E-state index in [-0.39, 0.29) is 0 Å². The Balaban J connectivity index is 2.06. The van der Waals surface area contributed by atoms with Gasteiger partial charge in [-0.15, -0.1) is 11.3 Å². The number of anilines is 1. The molecule has 0 aliphatic rings. The minimum Gasteiger partial charge on any atom is -0.277 e. The van der Waals surface area contributed by atoms with Gasteiger partial charge in [-0.25, -0.2) is 0 Å². The number of thiophene rings is 1. The third-order valence-electron chi connectivity index (χ3n) is 1.78. The van der Waals surface area contributed by atoms with Crippen LogP contribution in [0.25, 0.3) is 0 Å². The number of para-hydroxylation sites is 1. The molecule has 0 amide bonds. The summed E-state index contributed by atoms with van der Waals surface area (Å²) >= 11 is 5.07. The lowest BCUT2D eigenvalue weighted by Gasteiger charge is -1.99. The number of rotatable bonds is 3. The summed E-state index contributed by atoms with van der Waals surface area (Å²) < 4.78 is 0.821. The standard InChI is InChI=1S/C11H9BrN2S/c12-11(10-7-4-8-15-10)14-13-9-5-2-1-3-6-9/h1-8,13H/b14-11-. The second-order valence-electron chi connectivity index (χ2n) is 2.86. The summed E-state index contributed by atoms with van der Waals surface area (Å²) in [4.78, 5) is 1.11. The van der Waals surface area contributed by atoms with Crippen LogP contribution >= 0.6 is 27.3 Å². The Kier molecular flexibility index (Phi) is 3.53. The monoisotopic (exact) mass is 280 g/mol. The lowest BCUT2D eigenvalue weighted by Crippen LogP contribution is -1.93. The van der Waals surface area contributed by atoms with E-state index in [1.165, 1.54) is 0 Å². The molecule has 1 heterocycles. The Morgan fingerprint density at radius 3 is 2.60 bits per heavy atom. The van der Waals surface area contributed by atoms with Crippen molar-refractivity contribution in [3.63, 3.8) is 0 Å².